The van der Waals surface area contributed by atoms with E-state index < -0.39 is 0 Å². The summed E-state index contributed by atoms with van der Waals surface area (Å²) in [5.74, 6) is 0. The van der Waals surface area contributed by atoms with Crippen LogP contribution in [0.5, 0.6) is 0 Å². The summed E-state index contributed by atoms with van der Waals surface area (Å²) in [6, 6.07) is 41.2. The number of hydrogen-bond donors (Lipinski definition) is 0. The number of pyridine rings is 1. The zero-order valence-electron chi connectivity index (χ0n) is 18.5. The number of aryl methyl sites for hydroxylation is 1. The molecule has 1 heteroatoms. The standard InChI is InChI=1S/C32H23N/c1-22-9-11-23(12-10-22)26-15-13-24-14-16-27(20-29(24)19-26)28-17-18-32(33-21-28)31-8-4-6-25-5-2-3-7-30(25)31/h2-21H,1H3. The van der Waals surface area contributed by atoms with Crippen LogP contribution in [-0.2, 0) is 0 Å². The van der Waals surface area contributed by atoms with Crippen molar-refractivity contribution in [3.8, 4) is 33.5 Å². The monoisotopic (exact) mass is 421 g/mol. The summed E-state index contributed by atoms with van der Waals surface area (Å²) in [7, 11) is 0. The van der Waals surface area contributed by atoms with Crippen LogP contribution in [0.2, 0.25) is 0 Å². The molecule has 0 amide bonds. The maximum atomic E-state index is 4.83. The number of hydrogen-bond acceptors (Lipinski definition) is 1. The summed E-state index contributed by atoms with van der Waals surface area (Å²) in [6.07, 6.45) is 1.99. The molecular weight excluding hydrogens is 398 g/mol. The molecule has 0 aliphatic heterocycles. The lowest BCUT2D eigenvalue weighted by molar-refractivity contribution is 1.33. The second-order valence-electron chi connectivity index (χ2n) is 8.60. The van der Waals surface area contributed by atoms with Gasteiger partial charge in [-0.15, -0.1) is 0 Å². The van der Waals surface area contributed by atoms with E-state index in [1.165, 1.54) is 49.4 Å². The molecule has 0 N–H and O–H groups in total. The Morgan fingerprint density at radius 1 is 0.485 bits per heavy atom. The predicted molar refractivity (Wildman–Crippen MR) is 140 cm³/mol. The Labute approximate surface area is 194 Å². The lowest BCUT2D eigenvalue weighted by Gasteiger charge is -2.09. The molecule has 0 atom stereocenters. The fourth-order valence-electron chi connectivity index (χ4n) is 4.52. The molecule has 0 unspecified atom stereocenters. The van der Waals surface area contributed by atoms with Gasteiger partial charge in [0.1, 0.15) is 0 Å². The van der Waals surface area contributed by atoms with Crippen LogP contribution in [0.3, 0.4) is 0 Å². The number of benzene rings is 5. The first-order valence-corrected chi connectivity index (χ1v) is 11.3. The van der Waals surface area contributed by atoms with Crippen molar-refractivity contribution in [1.82, 2.24) is 4.98 Å². The minimum absolute atomic E-state index is 0.998. The lowest BCUT2D eigenvalue weighted by atomic mass is 9.97. The predicted octanol–water partition coefficient (Wildman–Crippen LogP) is 8.70. The van der Waals surface area contributed by atoms with Crippen LogP contribution in [0.1, 0.15) is 5.56 Å². The van der Waals surface area contributed by atoms with Crippen LogP contribution in [0.4, 0.5) is 0 Å². The highest BCUT2D eigenvalue weighted by molar-refractivity contribution is 5.96. The molecule has 1 nitrogen and oxygen atoms in total. The molecule has 0 aliphatic rings. The quantitative estimate of drug-likeness (QED) is 0.278. The lowest BCUT2D eigenvalue weighted by Crippen LogP contribution is -1.87. The SMILES string of the molecule is Cc1ccc(-c2ccc3ccc(-c4ccc(-c5cccc6ccccc56)nc4)cc3c2)cc1. The number of nitrogens with zero attached hydrogens (tertiary/aromatic N) is 1. The van der Waals surface area contributed by atoms with E-state index in [2.05, 4.69) is 122 Å². The second-order valence-corrected chi connectivity index (χ2v) is 8.60. The van der Waals surface area contributed by atoms with Crippen LogP contribution < -0.4 is 0 Å². The molecule has 0 fully saturated rings. The Kier molecular flexibility index (Phi) is 4.74. The fourth-order valence-corrected chi connectivity index (χ4v) is 4.52. The highest BCUT2D eigenvalue weighted by Crippen LogP contribution is 2.31. The molecule has 1 heterocycles. The summed E-state index contributed by atoms with van der Waals surface area (Å²) in [4.78, 5) is 4.83. The van der Waals surface area contributed by atoms with Gasteiger partial charge in [0.05, 0.1) is 5.69 Å². The minimum atomic E-state index is 0.998. The van der Waals surface area contributed by atoms with E-state index in [1.807, 2.05) is 6.20 Å². The number of aromatic nitrogens is 1. The molecule has 156 valence electrons. The summed E-state index contributed by atoms with van der Waals surface area (Å²) in [6.45, 7) is 2.12. The van der Waals surface area contributed by atoms with Crippen molar-refractivity contribution < 1.29 is 0 Å². The van der Waals surface area contributed by atoms with Gasteiger partial charge < -0.3 is 0 Å². The normalized spacial score (nSPS) is 11.2. The highest BCUT2D eigenvalue weighted by atomic mass is 14.7. The Morgan fingerprint density at radius 2 is 1.15 bits per heavy atom. The number of rotatable bonds is 3. The van der Waals surface area contributed by atoms with E-state index in [4.69, 9.17) is 4.98 Å². The van der Waals surface area contributed by atoms with Crippen molar-refractivity contribution in [2.75, 3.05) is 0 Å². The minimum Gasteiger partial charge on any atom is -0.256 e. The van der Waals surface area contributed by atoms with Crippen molar-refractivity contribution >= 4 is 21.5 Å². The Bertz CT molecular complexity index is 1590. The molecular formula is C32H23N. The maximum absolute atomic E-state index is 4.83. The molecule has 33 heavy (non-hydrogen) atoms. The molecule has 1 aromatic heterocycles. The number of fused-ring (bicyclic) bond motifs is 2. The maximum Gasteiger partial charge on any atom is 0.0708 e. The Morgan fingerprint density at radius 3 is 1.91 bits per heavy atom. The first-order valence-electron chi connectivity index (χ1n) is 11.3. The van der Waals surface area contributed by atoms with Crippen LogP contribution in [0.15, 0.2) is 121 Å². The third kappa shape index (κ3) is 3.68. The Hall–Kier alpha value is -4.23. The van der Waals surface area contributed by atoms with Crippen LogP contribution in [0.25, 0.3) is 55.1 Å². The first kappa shape index (κ1) is 19.5. The van der Waals surface area contributed by atoms with E-state index in [9.17, 15) is 0 Å². The fraction of sp³-hybridized carbons (Fsp3) is 0.0312. The van der Waals surface area contributed by atoms with Gasteiger partial charge in [0, 0.05) is 17.3 Å². The first-order chi connectivity index (χ1) is 16.2. The van der Waals surface area contributed by atoms with Crippen LogP contribution in [0, 0.1) is 6.92 Å². The summed E-state index contributed by atoms with van der Waals surface area (Å²) in [5, 5.41) is 4.95. The van der Waals surface area contributed by atoms with Gasteiger partial charge in [-0.1, -0.05) is 103 Å². The van der Waals surface area contributed by atoms with E-state index in [-0.39, 0.29) is 0 Å². The molecule has 0 bridgehead atoms. The molecule has 0 radical (unpaired) electrons. The van der Waals surface area contributed by atoms with E-state index in [1.54, 1.807) is 0 Å². The van der Waals surface area contributed by atoms with Crippen LogP contribution >= 0.6 is 0 Å². The average molecular weight is 422 g/mol. The molecule has 6 rings (SSSR count). The molecule has 0 saturated heterocycles. The van der Waals surface area contributed by atoms with Crippen molar-refractivity contribution in [3.63, 3.8) is 0 Å². The third-order valence-corrected chi connectivity index (χ3v) is 6.39. The zero-order chi connectivity index (χ0) is 22.2. The van der Waals surface area contributed by atoms with Crippen molar-refractivity contribution in [2.45, 2.75) is 6.92 Å². The van der Waals surface area contributed by atoms with Crippen molar-refractivity contribution in [2.24, 2.45) is 0 Å². The third-order valence-electron chi connectivity index (χ3n) is 6.39. The van der Waals surface area contributed by atoms with Crippen molar-refractivity contribution in [3.05, 3.63) is 127 Å². The topological polar surface area (TPSA) is 12.9 Å². The largest absolute Gasteiger partial charge is 0.256 e. The second kappa shape index (κ2) is 8.03. The Balaban J connectivity index is 1.37. The van der Waals surface area contributed by atoms with Gasteiger partial charge in [0.15, 0.2) is 0 Å². The summed E-state index contributed by atoms with van der Waals surface area (Å²) in [5.41, 5.74) is 8.24. The molecule has 0 aliphatic carbocycles. The van der Waals surface area contributed by atoms with Gasteiger partial charge in [-0.2, -0.15) is 0 Å². The zero-order valence-corrected chi connectivity index (χ0v) is 18.5. The van der Waals surface area contributed by atoms with Gasteiger partial charge >= 0.3 is 0 Å². The van der Waals surface area contributed by atoms with E-state index in [0.29, 0.717) is 0 Å². The van der Waals surface area contributed by atoms with Gasteiger partial charge in [0.2, 0.25) is 0 Å². The van der Waals surface area contributed by atoms with Gasteiger partial charge in [0.25, 0.3) is 0 Å². The average Bonchev–Trinajstić information content (AvgIpc) is 2.88. The molecule has 0 saturated carbocycles. The highest BCUT2D eigenvalue weighted by Gasteiger charge is 2.07. The van der Waals surface area contributed by atoms with Crippen LogP contribution in [-0.4, -0.2) is 4.98 Å². The van der Waals surface area contributed by atoms with Gasteiger partial charge in [-0.05, 0) is 63.4 Å². The molecule has 6 aromatic rings. The summed E-state index contributed by atoms with van der Waals surface area (Å²) < 4.78 is 0. The van der Waals surface area contributed by atoms with E-state index in [0.717, 1.165) is 11.3 Å². The summed E-state index contributed by atoms with van der Waals surface area (Å²) >= 11 is 0. The molecule has 0 spiro atoms. The molecule has 5 aromatic carbocycles. The van der Waals surface area contributed by atoms with E-state index >= 15 is 0 Å². The van der Waals surface area contributed by atoms with Gasteiger partial charge in [-0.25, -0.2) is 0 Å². The smallest absolute Gasteiger partial charge is 0.0708 e. The van der Waals surface area contributed by atoms with Gasteiger partial charge in [-0.3, -0.25) is 4.98 Å². The van der Waals surface area contributed by atoms with Crippen molar-refractivity contribution in [1.29, 1.82) is 0 Å².